The van der Waals surface area contributed by atoms with E-state index in [0.717, 1.165) is 6.54 Å². The number of hydrogen-bond acceptors (Lipinski definition) is 2. The highest BCUT2D eigenvalue weighted by molar-refractivity contribution is 5.37. The third-order valence-corrected chi connectivity index (χ3v) is 4.28. The molecule has 92 valence electrons. The molecule has 0 aromatic heterocycles. The zero-order chi connectivity index (χ0) is 11.8. The Bertz CT molecular complexity index is 413. The van der Waals surface area contributed by atoms with E-state index in [0.29, 0.717) is 12.1 Å². The van der Waals surface area contributed by atoms with E-state index in [4.69, 9.17) is 5.73 Å². The molecule has 2 atom stereocenters. The van der Waals surface area contributed by atoms with Crippen molar-refractivity contribution in [3.8, 4) is 0 Å². The summed E-state index contributed by atoms with van der Waals surface area (Å²) in [5, 5.41) is 0. The standard InChI is InChI=1S/C15H22N2/c1-11-4-5-12-6-7-15(14(12)9-11)17-8-2-3-13(16)10-17/h4-5,9,13,15H,2-3,6-8,10,16H2,1H3. The van der Waals surface area contributed by atoms with Gasteiger partial charge >= 0.3 is 0 Å². The van der Waals surface area contributed by atoms with Crippen molar-refractivity contribution < 1.29 is 0 Å². The van der Waals surface area contributed by atoms with Crippen LogP contribution in [-0.2, 0) is 6.42 Å². The van der Waals surface area contributed by atoms with Crippen LogP contribution in [0.3, 0.4) is 0 Å². The van der Waals surface area contributed by atoms with Gasteiger partial charge in [0.1, 0.15) is 0 Å². The molecule has 3 rings (SSSR count). The van der Waals surface area contributed by atoms with Crippen molar-refractivity contribution in [1.82, 2.24) is 4.90 Å². The lowest BCUT2D eigenvalue weighted by molar-refractivity contribution is 0.149. The minimum absolute atomic E-state index is 0.387. The highest BCUT2D eigenvalue weighted by Crippen LogP contribution is 2.37. The van der Waals surface area contributed by atoms with Crippen LogP contribution in [0.25, 0.3) is 0 Å². The van der Waals surface area contributed by atoms with Gasteiger partial charge in [0, 0.05) is 18.6 Å². The molecule has 1 fully saturated rings. The van der Waals surface area contributed by atoms with E-state index in [9.17, 15) is 0 Å². The number of aryl methyl sites for hydroxylation is 2. The molecule has 1 aliphatic carbocycles. The van der Waals surface area contributed by atoms with Gasteiger partial charge in [-0.05, 0) is 50.3 Å². The molecule has 0 amide bonds. The SMILES string of the molecule is Cc1ccc2c(c1)C(N1CCCC(N)C1)CC2. The molecular weight excluding hydrogens is 208 g/mol. The molecule has 0 spiro atoms. The number of nitrogens with two attached hydrogens (primary N) is 1. The molecule has 1 saturated heterocycles. The van der Waals surface area contributed by atoms with Gasteiger partial charge in [0.15, 0.2) is 0 Å². The number of benzene rings is 1. The predicted octanol–water partition coefficient (Wildman–Crippen LogP) is 2.41. The van der Waals surface area contributed by atoms with Gasteiger partial charge in [0.05, 0.1) is 0 Å². The molecule has 0 saturated carbocycles. The first-order valence-corrected chi connectivity index (χ1v) is 6.83. The average molecular weight is 230 g/mol. The maximum atomic E-state index is 6.10. The number of rotatable bonds is 1. The lowest BCUT2D eigenvalue weighted by Gasteiger charge is -2.35. The van der Waals surface area contributed by atoms with Crippen LogP contribution >= 0.6 is 0 Å². The van der Waals surface area contributed by atoms with Gasteiger partial charge in [-0.3, -0.25) is 4.90 Å². The Kier molecular flexibility index (Phi) is 2.93. The fourth-order valence-electron chi connectivity index (χ4n) is 3.40. The molecule has 2 heteroatoms. The lowest BCUT2D eigenvalue weighted by Crippen LogP contribution is -2.44. The number of piperidine rings is 1. The van der Waals surface area contributed by atoms with Crippen molar-refractivity contribution in [2.45, 2.75) is 44.7 Å². The summed E-state index contributed by atoms with van der Waals surface area (Å²) < 4.78 is 0. The van der Waals surface area contributed by atoms with Gasteiger partial charge in [-0.2, -0.15) is 0 Å². The van der Waals surface area contributed by atoms with E-state index in [1.54, 1.807) is 11.1 Å². The minimum Gasteiger partial charge on any atom is -0.327 e. The Morgan fingerprint density at radius 2 is 2.18 bits per heavy atom. The van der Waals surface area contributed by atoms with Crippen LogP contribution in [-0.4, -0.2) is 24.0 Å². The fraction of sp³-hybridized carbons (Fsp3) is 0.600. The fourth-order valence-corrected chi connectivity index (χ4v) is 3.40. The predicted molar refractivity (Wildman–Crippen MR) is 71.0 cm³/mol. The molecule has 1 aromatic rings. The molecule has 2 aliphatic rings. The average Bonchev–Trinajstić information content (AvgIpc) is 2.71. The topological polar surface area (TPSA) is 29.3 Å². The summed E-state index contributed by atoms with van der Waals surface area (Å²) in [6, 6.07) is 7.96. The molecule has 1 aliphatic heterocycles. The number of fused-ring (bicyclic) bond motifs is 1. The van der Waals surface area contributed by atoms with Crippen molar-refractivity contribution in [3.05, 3.63) is 34.9 Å². The first kappa shape index (κ1) is 11.2. The van der Waals surface area contributed by atoms with Crippen molar-refractivity contribution in [2.75, 3.05) is 13.1 Å². The van der Waals surface area contributed by atoms with E-state index >= 15 is 0 Å². The van der Waals surface area contributed by atoms with Crippen LogP contribution in [0, 0.1) is 6.92 Å². The summed E-state index contributed by atoms with van der Waals surface area (Å²) in [5.41, 5.74) is 10.6. The zero-order valence-corrected chi connectivity index (χ0v) is 10.7. The summed E-state index contributed by atoms with van der Waals surface area (Å²) in [7, 11) is 0. The summed E-state index contributed by atoms with van der Waals surface area (Å²) in [5.74, 6) is 0. The van der Waals surface area contributed by atoms with E-state index in [1.807, 2.05) is 0 Å². The summed E-state index contributed by atoms with van der Waals surface area (Å²) in [4.78, 5) is 2.61. The molecular formula is C15H22N2. The molecule has 2 unspecified atom stereocenters. The van der Waals surface area contributed by atoms with Crippen molar-refractivity contribution in [3.63, 3.8) is 0 Å². The van der Waals surface area contributed by atoms with Crippen molar-refractivity contribution in [2.24, 2.45) is 5.73 Å². The molecule has 2 nitrogen and oxygen atoms in total. The van der Waals surface area contributed by atoms with Crippen molar-refractivity contribution >= 4 is 0 Å². The second-order valence-electron chi connectivity index (χ2n) is 5.65. The van der Waals surface area contributed by atoms with Gasteiger partial charge < -0.3 is 5.73 Å². The Hall–Kier alpha value is -0.860. The van der Waals surface area contributed by atoms with E-state index in [-0.39, 0.29) is 0 Å². The third kappa shape index (κ3) is 2.12. The van der Waals surface area contributed by atoms with Crippen LogP contribution in [0.4, 0.5) is 0 Å². The first-order valence-electron chi connectivity index (χ1n) is 6.83. The van der Waals surface area contributed by atoms with E-state index < -0.39 is 0 Å². The maximum absolute atomic E-state index is 6.10. The smallest absolute Gasteiger partial charge is 0.0354 e. The van der Waals surface area contributed by atoms with Gasteiger partial charge in [0.2, 0.25) is 0 Å². The lowest BCUT2D eigenvalue weighted by atomic mass is 10.00. The Balaban J connectivity index is 1.84. The van der Waals surface area contributed by atoms with Crippen LogP contribution in [0.15, 0.2) is 18.2 Å². The Morgan fingerprint density at radius 3 is 3.00 bits per heavy atom. The molecule has 1 aromatic carbocycles. The molecule has 1 heterocycles. The second-order valence-corrected chi connectivity index (χ2v) is 5.65. The van der Waals surface area contributed by atoms with Crippen LogP contribution in [0.5, 0.6) is 0 Å². The third-order valence-electron chi connectivity index (χ3n) is 4.28. The maximum Gasteiger partial charge on any atom is 0.0354 e. The second kappa shape index (κ2) is 4.43. The van der Waals surface area contributed by atoms with Crippen LogP contribution in [0.1, 0.15) is 42.0 Å². The minimum atomic E-state index is 0.387. The van der Waals surface area contributed by atoms with Crippen LogP contribution < -0.4 is 5.73 Å². The highest BCUT2D eigenvalue weighted by Gasteiger charge is 2.30. The molecule has 0 bridgehead atoms. The highest BCUT2D eigenvalue weighted by atomic mass is 15.2. The largest absolute Gasteiger partial charge is 0.327 e. The van der Waals surface area contributed by atoms with Gasteiger partial charge in [-0.1, -0.05) is 23.8 Å². The Labute approximate surface area is 104 Å². The van der Waals surface area contributed by atoms with Gasteiger partial charge in [-0.15, -0.1) is 0 Å². The normalized spacial score (nSPS) is 29.3. The molecule has 0 radical (unpaired) electrons. The summed E-state index contributed by atoms with van der Waals surface area (Å²) in [6.07, 6.45) is 4.99. The summed E-state index contributed by atoms with van der Waals surface area (Å²) in [6.45, 7) is 4.50. The van der Waals surface area contributed by atoms with Gasteiger partial charge in [0.25, 0.3) is 0 Å². The van der Waals surface area contributed by atoms with Crippen LogP contribution in [0.2, 0.25) is 0 Å². The quantitative estimate of drug-likeness (QED) is 0.802. The zero-order valence-electron chi connectivity index (χ0n) is 10.7. The number of hydrogen-bond donors (Lipinski definition) is 1. The van der Waals surface area contributed by atoms with E-state index in [2.05, 4.69) is 30.0 Å². The molecule has 17 heavy (non-hydrogen) atoms. The number of likely N-dealkylation sites (tertiary alicyclic amines) is 1. The van der Waals surface area contributed by atoms with Gasteiger partial charge in [-0.25, -0.2) is 0 Å². The first-order chi connectivity index (χ1) is 8.24. The molecule has 2 N–H and O–H groups in total. The van der Waals surface area contributed by atoms with Crippen molar-refractivity contribution in [1.29, 1.82) is 0 Å². The van der Waals surface area contributed by atoms with E-state index in [1.165, 1.54) is 37.8 Å². The monoisotopic (exact) mass is 230 g/mol. The Morgan fingerprint density at radius 1 is 1.29 bits per heavy atom. The number of nitrogens with zero attached hydrogens (tertiary/aromatic N) is 1. The summed E-state index contributed by atoms with van der Waals surface area (Å²) >= 11 is 0.